The standard InChI is InChI=1S/C13H14N2O4S2/c1-2-21(18,19)12-5-3-11(4-6-12)14-8-10-7-13(15(16)17)20-9-10/h3-7,9,14H,2,8H2,1H3. The molecule has 0 saturated heterocycles. The Morgan fingerprint density at radius 2 is 1.95 bits per heavy atom. The van der Waals surface area contributed by atoms with Crippen molar-refractivity contribution in [3.05, 3.63) is 51.4 Å². The third-order valence-corrected chi connectivity index (χ3v) is 5.59. The fraction of sp³-hybridized carbons (Fsp3) is 0.231. The van der Waals surface area contributed by atoms with Crippen molar-refractivity contribution in [1.82, 2.24) is 0 Å². The molecule has 0 aliphatic carbocycles. The molecule has 1 aromatic heterocycles. The molecule has 6 nitrogen and oxygen atoms in total. The monoisotopic (exact) mass is 326 g/mol. The van der Waals surface area contributed by atoms with Gasteiger partial charge in [0.25, 0.3) is 0 Å². The maximum Gasteiger partial charge on any atom is 0.324 e. The second-order valence-corrected chi connectivity index (χ2v) is 7.50. The van der Waals surface area contributed by atoms with E-state index in [1.807, 2.05) is 0 Å². The molecule has 21 heavy (non-hydrogen) atoms. The van der Waals surface area contributed by atoms with Gasteiger partial charge in [-0.25, -0.2) is 8.42 Å². The SMILES string of the molecule is CCS(=O)(=O)c1ccc(NCc2csc([N+](=O)[O-])c2)cc1. The van der Waals surface area contributed by atoms with Crippen molar-refractivity contribution in [3.63, 3.8) is 0 Å². The summed E-state index contributed by atoms with van der Waals surface area (Å²) >= 11 is 1.08. The molecule has 0 atom stereocenters. The van der Waals surface area contributed by atoms with Crippen molar-refractivity contribution in [1.29, 1.82) is 0 Å². The molecule has 0 aliphatic heterocycles. The Hall–Kier alpha value is -1.93. The van der Waals surface area contributed by atoms with Crippen LogP contribution in [0.25, 0.3) is 0 Å². The number of sulfone groups is 1. The van der Waals surface area contributed by atoms with Gasteiger partial charge in [-0.05, 0) is 29.8 Å². The van der Waals surface area contributed by atoms with Gasteiger partial charge >= 0.3 is 5.00 Å². The number of nitro groups is 1. The number of nitrogens with zero attached hydrogens (tertiary/aromatic N) is 1. The highest BCUT2D eigenvalue weighted by atomic mass is 32.2. The summed E-state index contributed by atoms with van der Waals surface area (Å²) in [4.78, 5) is 10.5. The number of nitrogens with one attached hydrogen (secondary N) is 1. The van der Waals surface area contributed by atoms with E-state index < -0.39 is 14.8 Å². The Bertz CT molecular complexity index is 736. The fourth-order valence-corrected chi connectivity index (χ4v) is 3.32. The van der Waals surface area contributed by atoms with E-state index in [9.17, 15) is 18.5 Å². The van der Waals surface area contributed by atoms with Gasteiger partial charge < -0.3 is 5.32 Å². The Morgan fingerprint density at radius 3 is 2.48 bits per heavy atom. The predicted molar refractivity (Wildman–Crippen MR) is 82.5 cm³/mol. The minimum atomic E-state index is -3.19. The quantitative estimate of drug-likeness (QED) is 0.651. The average molecular weight is 326 g/mol. The number of benzene rings is 1. The van der Waals surface area contributed by atoms with E-state index in [0.29, 0.717) is 11.4 Å². The van der Waals surface area contributed by atoms with Crippen LogP contribution in [-0.2, 0) is 16.4 Å². The van der Waals surface area contributed by atoms with Crippen LogP contribution in [0.5, 0.6) is 0 Å². The van der Waals surface area contributed by atoms with Gasteiger partial charge in [0.1, 0.15) is 0 Å². The predicted octanol–water partition coefficient (Wildman–Crippen LogP) is 3.06. The number of thiophene rings is 1. The fourth-order valence-electron chi connectivity index (χ4n) is 1.70. The first-order valence-corrected chi connectivity index (χ1v) is 8.74. The van der Waals surface area contributed by atoms with Gasteiger partial charge in [-0.15, -0.1) is 0 Å². The molecule has 0 bridgehead atoms. The lowest BCUT2D eigenvalue weighted by molar-refractivity contribution is -0.380. The molecule has 0 amide bonds. The first-order chi connectivity index (χ1) is 9.92. The molecule has 2 rings (SSSR count). The van der Waals surface area contributed by atoms with E-state index in [1.165, 1.54) is 6.07 Å². The normalized spacial score (nSPS) is 11.3. The number of rotatable bonds is 6. The van der Waals surface area contributed by atoms with Crippen LogP contribution in [0, 0.1) is 10.1 Å². The molecule has 2 aromatic rings. The van der Waals surface area contributed by atoms with Crippen molar-refractivity contribution in [2.45, 2.75) is 18.4 Å². The molecule has 1 heterocycles. The molecule has 0 unspecified atom stereocenters. The third kappa shape index (κ3) is 3.79. The van der Waals surface area contributed by atoms with E-state index in [0.717, 1.165) is 22.6 Å². The number of anilines is 1. The highest BCUT2D eigenvalue weighted by molar-refractivity contribution is 7.91. The van der Waals surface area contributed by atoms with Crippen LogP contribution in [0.3, 0.4) is 0 Å². The molecule has 1 aromatic carbocycles. The summed E-state index contributed by atoms with van der Waals surface area (Å²) in [5, 5.41) is 15.5. The van der Waals surface area contributed by atoms with E-state index in [4.69, 9.17) is 0 Å². The maximum absolute atomic E-state index is 11.7. The minimum Gasteiger partial charge on any atom is -0.381 e. The summed E-state index contributed by atoms with van der Waals surface area (Å²) in [7, 11) is -3.19. The van der Waals surface area contributed by atoms with Crippen LogP contribution in [-0.4, -0.2) is 19.1 Å². The summed E-state index contributed by atoms with van der Waals surface area (Å²) in [5.74, 6) is 0.0678. The Balaban J connectivity index is 2.02. The molecule has 0 fully saturated rings. The van der Waals surface area contributed by atoms with E-state index >= 15 is 0 Å². The van der Waals surface area contributed by atoms with Crippen LogP contribution in [0.15, 0.2) is 40.6 Å². The molecule has 8 heteroatoms. The first kappa shape index (κ1) is 15.5. The summed E-state index contributed by atoms with van der Waals surface area (Å²) in [6, 6.07) is 7.99. The summed E-state index contributed by atoms with van der Waals surface area (Å²) in [6.07, 6.45) is 0. The van der Waals surface area contributed by atoms with Crippen molar-refractivity contribution < 1.29 is 13.3 Å². The van der Waals surface area contributed by atoms with Gasteiger partial charge in [-0.1, -0.05) is 18.3 Å². The third-order valence-electron chi connectivity index (χ3n) is 2.91. The number of hydrogen-bond acceptors (Lipinski definition) is 6. The molecule has 0 spiro atoms. The highest BCUT2D eigenvalue weighted by Gasteiger charge is 2.11. The van der Waals surface area contributed by atoms with E-state index in [-0.39, 0.29) is 10.8 Å². The molecule has 112 valence electrons. The highest BCUT2D eigenvalue weighted by Crippen LogP contribution is 2.23. The van der Waals surface area contributed by atoms with Gasteiger partial charge in [-0.3, -0.25) is 10.1 Å². The summed E-state index contributed by atoms with van der Waals surface area (Å²) in [6.45, 7) is 2.05. The second kappa shape index (κ2) is 6.23. The van der Waals surface area contributed by atoms with Gasteiger partial charge in [0.05, 0.1) is 15.6 Å². The lowest BCUT2D eigenvalue weighted by atomic mass is 10.3. The maximum atomic E-state index is 11.7. The molecule has 0 radical (unpaired) electrons. The summed E-state index contributed by atoms with van der Waals surface area (Å²) in [5.41, 5.74) is 1.58. The lowest BCUT2D eigenvalue weighted by Crippen LogP contribution is -2.04. The molecular formula is C13H14N2O4S2. The lowest BCUT2D eigenvalue weighted by Gasteiger charge is -2.06. The smallest absolute Gasteiger partial charge is 0.324 e. The first-order valence-electron chi connectivity index (χ1n) is 6.21. The van der Waals surface area contributed by atoms with Crippen molar-refractivity contribution >= 4 is 31.9 Å². The van der Waals surface area contributed by atoms with E-state index in [2.05, 4.69) is 5.32 Å². The minimum absolute atomic E-state index is 0.0678. The van der Waals surface area contributed by atoms with Gasteiger partial charge in [0, 0.05) is 23.7 Å². The zero-order valence-corrected chi connectivity index (χ0v) is 12.9. The molecule has 1 N–H and O–H groups in total. The van der Waals surface area contributed by atoms with Crippen molar-refractivity contribution in [2.75, 3.05) is 11.1 Å². The largest absolute Gasteiger partial charge is 0.381 e. The van der Waals surface area contributed by atoms with Crippen LogP contribution in [0.2, 0.25) is 0 Å². The second-order valence-electron chi connectivity index (χ2n) is 4.33. The van der Waals surface area contributed by atoms with Crippen LogP contribution in [0.4, 0.5) is 10.7 Å². The van der Waals surface area contributed by atoms with Crippen molar-refractivity contribution in [2.24, 2.45) is 0 Å². The van der Waals surface area contributed by atoms with Gasteiger partial charge in [0.2, 0.25) is 0 Å². The topological polar surface area (TPSA) is 89.3 Å². The zero-order valence-electron chi connectivity index (χ0n) is 11.3. The Labute approximate surface area is 126 Å². The molecule has 0 saturated carbocycles. The Kier molecular flexibility index (Phi) is 4.59. The van der Waals surface area contributed by atoms with Crippen LogP contribution < -0.4 is 5.32 Å². The van der Waals surface area contributed by atoms with Gasteiger partial charge in [-0.2, -0.15) is 0 Å². The zero-order chi connectivity index (χ0) is 15.5. The molecule has 0 aliphatic rings. The van der Waals surface area contributed by atoms with Gasteiger partial charge in [0.15, 0.2) is 9.84 Å². The van der Waals surface area contributed by atoms with Crippen molar-refractivity contribution in [3.8, 4) is 0 Å². The number of hydrogen-bond donors (Lipinski definition) is 1. The van der Waals surface area contributed by atoms with Crippen LogP contribution >= 0.6 is 11.3 Å². The molecular weight excluding hydrogens is 312 g/mol. The average Bonchev–Trinajstić information content (AvgIpc) is 2.95. The Morgan fingerprint density at radius 1 is 1.29 bits per heavy atom. The van der Waals surface area contributed by atoms with E-state index in [1.54, 1.807) is 36.6 Å². The van der Waals surface area contributed by atoms with Crippen LogP contribution in [0.1, 0.15) is 12.5 Å². The summed E-state index contributed by atoms with van der Waals surface area (Å²) < 4.78 is 23.4.